The predicted octanol–water partition coefficient (Wildman–Crippen LogP) is 4.59. The van der Waals surface area contributed by atoms with Crippen molar-refractivity contribution in [3.8, 4) is 0 Å². The number of carbonyl (C=O) groups excluding carboxylic acids is 1. The second-order valence-electron chi connectivity index (χ2n) is 7.86. The zero-order valence-corrected chi connectivity index (χ0v) is 17.0. The normalized spacial score (nSPS) is 18.5. The lowest BCUT2D eigenvalue weighted by Crippen LogP contribution is -2.19. The molecule has 0 bridgehead atoms. The number of primary amides is 1. The Morgan fingerprint density at radius 1 is 1.17 bits per heavy atom. The van der Waals surface area contributed by atoms with Crippen LogP contribution >= 0.6 is 0 Å². The molecule has 7 heteroatoms. The molecule has 1 aliphatic rings. The van der Waals surface area contributed by atoms with E-state index in [9.17, 15) is 18.4 Å². The van der Waals surface area contributed by atoms with Gasteiger partial charge in [-0.15, -0.1) is 0 Å². The Morgan fingerprint density at radius 2 is 1.87 bits per heavy atom. The van der Waals surface area contributed by atoms with Gasteiger partial charge in [-0.3, -0.25) is 14.6 Å². The van der Waals surface area contributed by atoms with Crippen molar-refractivity contribution in [3.63, 3.8) is 0 Å². The number of H-pyrrole nitrogens is 1. The molecule has 1 aliphatic carbocycles. The van der Waals surface area contributed by atoms with E-state index in [2.05, 4.69) is 16.9 Å². The van der Waals surface area contributed by atoms with Crippen molar-refractivity contribution >= 4 is 16.8 Å². The Bertz CT molecular complexity index is 1100. The second kappa shape index (κ2) is 9.15. The highest BCUT2D eigenvalue weighted by Gasteiger charge is 2.22. The van der Waals surface area contributed by atoms with E-state index < -0.39 is 17.5 Å². The summed E-state index contributed by atoms with van der Waals surface area (Å²) in [5, 5.41) is 0.290. The summed E-state index contributed by atoms with van der Waals surface area (Å²) in [7, 11) is 0. The lowest BCUT2D eigenvalue weighted by atomic mass is 9.81. The molecule has 4 rings (SSSR count). The number of hydrogen-bond acceptors (Lipinski definition) is 3. The van der Waals surface area contributed by atoms with Crippen LogP contribution in [0.15, 0.2) is 41.3 Å². The fourth-order valence-corrected chi connectivity index (χ4v) is 3.81. The van der Waals surface area contributed by atoms with Gasteiger partial charge in [0.25, 0.3) is 5.91 Å². The molecular formula is C23H25F2N3O2. The molecule has 30 heavy (non-hydrogen) atoms. The number of aryl methyl sites for hydroxylation is 1. The van der Waals surface area contributed by atoms with E-state index in [0.29, 0.717) is 17.0 Å². The molecule has 0 saturated heterocycles. The van der Waals surface area contributed by atoms with Crippen LogP contribution in [0.4, 0.5) is 8.78 Å². The van der Waals surface area contributed by atoms with Crippen LogP contribution in [0.3, 0.4) is 0 Å². The monoisotopic (exact) mass is 413 g/mol. The molecular weight excluding hydrogens is 388 g/mol. The van der Waals surface area contributed by atoms with E-state index in [1.165, 1.54) is 38.1 Å². The van der Waals surface area contributed by atoms with E-state index in [1.54, 1.807) is 12.1 Å². The number of rotatable bonds is 2. The second-order valence-corrected chi connectivity index (χ2v) is 7.86. The maximum atomic E-state index is 12.4. The first kappa shape index (κ1) is 21.6. The van der Waals surface area contributed by atoms with Gasteiger partial charge in [0, 0.05) is 18.0 Å². The van der Waals surface area contributed by atoms with Crippen LogP contribution in [0.2, 0.25) is 0 Å². The highest BCUT2D eigenvalue weighted by molar-refractivity contribution is 6.03. The molecule has 3 aromatic rings. The van der Waals surface area contributed by atoms with Gasteiger partial charge >= 0.3 is 0 Å². The molecule has 0 aliphatic heterocycles. The lowest BCUT2D eigenvalue weighted by Gasteiger charge is -2.26. The molecule has 3 N–H and O–H groups in total. The molecule has 2 heterocycles. The number of pyridine rings is 2. The van der Waals surface area contributed by atoms with Crippen molar-refractivity contribution in [3.05, 3.63) is 75.3 Å². The van der Waals surface area contributed by atoms with E-state index in [-0.39, 0.29) is 16.5 Å². The first-order chi connectivity index (χ1) is 14.3. The van der Waals surface area contributed by atoms with Crippen LogP contribution < -0.4 is 11.2 Å². The van der Waals surface area contributed by atoms with E-state index in [4.69, 9.17) is 5.73 Å². The van der Waals surface area contributed by atoms with Gasteiger partial charge in [-0.1, -0.05) is 31.9 Å². The number of nitrogens with one attached hydrogen (secondary N) is 1. The summed E-state index contributed by atoms with van der Waals surface area (Å²) < 4.78 is 24.6. The fourth-order valence-electron chi connectivity index (χ4n) is 3.81. The predicted molar refractivity (Wildman–Crippen MR) is 112 cm³/mol. The largest absolute Gasteiger partial charge is 0.364 e. The third-order valence-electron chi connectivity index (χ3n) is 5.60. The smallest absolute Gasteiger partial charge is 0.268 e. The number of amides is 1. The van der Waals surface area contributed by atoms with Gasteiger partial charge in [0.1, 0.15) is 5.69 Å². The number of hydrogen-bond donors (Lipinski definition) is 2. The van der Waals surface area contributed by atoms with Gasteiger partial charge in [0.2, 0.25) is 0 Å². The minimum Gasteiger partial charge on any atom is -0.364 e. The molecule has 1 saturated carbocycles. The number of benzene rings is 1. The zero-order valence-electron chi connectivity index (χ0n) is 17.0. The first-order valence-corrected chi connectivity index (χ1v) is 10.00. The number of aromatic amines is 1. The van der Waals surface area contributed by atoms with Crippen molar-refractivity contribution < 1.29 is 13.6 Å². The molecule has 0 unspecified atom stereocenters. The SMILES string of the molecule is CC1CCC(c2cc(=O)c3c(C(N)=O)nccc3[nH]2)CC1.Cc1cccc(F)c1F. The molecule has 2 aromatic heterocycles. The topological polar surface area (TPSA) is 88.8 Å². The number of carbonyl (C=O) groups is 1. The molecule has 1 fully saturated rings. The van der Waals surface area contributed by atoms with Crippen LogP contribution in [-0.4, -0.2) is 15.9 Å². The van der Waals surface area contributed by atoms with E-state index in [0.717, 1.165) is 30.5 Å². The summed E-state index contributed by atoms with van der Waals surface area (Å²) >= 11 is 0. The average Bonchev–Trinajstić information content (AvgIpc) is 2.72. The Labute approximate surface area is 173 Å². The van der Waals surface area contributed by atoms with Crippen LogP contribution in [0.1, 0.15) is 60.3 Å². The number of aromatic nitrogens is 2. The maximum Gasteiger partial charge on any atom is 0.268 e. The molecule has 0 spiro atoms. The van der Waals surface area contributed by atoms with E-state index in [1.807, 2.05) is 0 Å². The number of nitrogens with two attached hydrogens (primary N) is 1. The highest BCUT2D eigenvalue weighted by Crippen LogP contribution is 2.34. The standard InChI is InChI=1S/C16H19N3O2.C7H6F2/c1-9-2-4-10(5-3-9)12-8-13(20)14-11(19-12)6-7-18-15(14)16(17)21;1-5-3-2-4-6(8)7(5)9/h6-10H,2-5H2,1H3,(H2,17,21)(H,19,20);2-4H,1H3. The summed E-state index contributed by atoms with van der Waals surface area (Å²) in [6.07, 6.45) is 6.07. The van der Waals surface area contributed by atoms with Crippen LogP contribution in [0, 0.1) is 24.5 Å². The van der Waals surface area contributed by atoms with Crippen molar-refractivity contribution in [1.29, 1.82) is 0 Å². The third kappa shape index (κ3) is 4.72. The van der Waals surface area contributed by atoms with Gasteiger partial charge in [-0.25, -0.2) is 8.78 Å². The third-order valence-corrected chi connectivity index (χ3v) is 5.60. The Morgan fingerprint density at radius 3 is 2.47 bits per heavy atom. The van der Waals surface area contributed by atoms with Crippen molar-refractivity contribution in [2.24, 2.45) is 11.7 Å². The quantitative estimate of drug-likeness (QED) is 0.644. The Kier molecular flexibility index (Phi) is 6.59. The van der Waals surface area contributed by atoms with Gasteiger partial charge < -0.3 is 10.7 Å². The van der Waals surface area contributed by atoms with Gasteiger partial charge in [-0.05, 0) is 49.3 Å². The van der Waals surface area contributed by atoms with Gasteiger partial charge in [0.15, 0.2) is 17.1 Å². The molecule has 0 radical (unpaired) electrons. The molecule has 5 nitrogen and oxygen atoms in total. The summed E-state index contributed by atoms with van der Waals surface area (Å²) in [5.74, 6) is -1.06. The maximum absolute atomic E-state index is 12.4. The Balaban J connectivity index is 0.000000239. The highest BCUT2D eigenvalue weighted by atomic mass is 19.2. The summed E-state index contributed by atoms with van der Waals surface area (Å²) in [4.78, 5) is 31.0. The first-order valence-electron chi connectivity index (χ1n) is 10.00. The van der Waals surface area contributed by atoms with Gasteiger partial charge in [-0.2, -0.15) is 0 Å². The van der Waals surface area contributed by atoms with Crippen molar-refractivity contribution in [2.45, 2.75) is 45.4 Å². The average molecular weight is 413 g/mol. The molecule has 1 aromatic carbocycles. The van der Waals surface area contributed by atoms with Crippen LogP contribution in [-0.2, 0) is 0 Å². The summed E-state index contributed by atoms with van der Waals surface area (Å²) in [6.45, 7) is 3.79. The van der Waals surface area contributed by atoms with Gasteiger partial charge in [0.05, 0.1) is 10.9 Å². The zero-order chi connectivity index (χ0) is 21.8. The van der Waals surface area contributed by atoms with Crippen LogP contribution in [0.25, 0.3) is 10.9 Å². The van der Waals surface area contributed by atoms with Crippen LogP contribution in [0.5, 0.6) is 0 Å². The molecule has 0 atom stereocenters. The minimum absolute atomic E-state index is 0.0394. The summed E-state index contributed by atoms with van der Waals surface area (Å²) in [5.41, 5.74) is 7.09. The number of halogens is 2. The molecule has 158 valence electrons. The number of fused-ring (bicyclic) bond motifs is 1. The van der Waals surface area contributed by atoms with E-state index >= 15 is 0 Å². The Hall–Kier alpha value is -3.09. The summed E-state index contributed by atoms with van der Waals surface area (Å²) in [6, 6.07) is 7.43. The fraction of sp³-hybridized carbons (Fsp3) is 0.348. The van der Waals surface area contributed by atoms with Crippen molar-refractivity contribution in [2.75, 3.05) is 0 Å². The number of nitrogens with zero attached hydrogens (tertiary/aromatic N) is 1. The lowest BCUT2D eigenvalue weighted by molar-refractivity contribution is 0.0997. The van der Waals surface area contributed by atoms with Crippen molar-refractivity contribution in [1.82, 2.24) is 9.97 Å². The molecule has 1 amide bonds. The minimum atomic E-state index is -0.782.